The van der Waals surface area contributed by atoms with Gasteiger partial charge in [0.2, 0.25) is 0 Å². The third-order valence-corrected chi connectivity index (χ3v) is 4.84. The Balaban J connectivity index is 1.64. The van der Waals surface area contributed by atoms with Gasteiger partial charge < -0.3 is 15.3 Å². The quantitative estimate of drug-likeness (QED) is 0.866. The molecule has 2 amide bonds. The Kier molecular flexibility index (Phi) is 5.53. The summed E-state index contributed by atoms with van der Waals surface area (Å²) in [7, 11) is 0. The normalized spacial score (nSPS) is 18.6. The predicted octanol–water partition coefficient (Wildman–Crippen LogP) is 2.49. The number of amides is 2. The van der Waals surface area contributed by atoms with E-state index < -0.39 is 5.60 Å². The number of aromatic nitrogens is 2. The lowest BCUT2D eigenvalue weighted by Gasteiger charge is -2.41. The molecule has 0 saturated carbocycles. The van der Waals surface area contributed by atoms with Crippen LogP contribution >= 0.6 is 0 Å². The molecule has 3 rings (SSSR count). The SMILES string of the molecule is Cc1c(NC(=O)N2CCN(CC(C)(C)O)CC2C)cnn1-c1ccccc1. The first-order valence-electron chi connectivity index (χ1n) is 9.37. The number of carbonyl (C=O) groups is 1. The van der Waals surface area contributed by atoms with Crippen molar-refractivity contribution in [2.24, 2.45) is 0 Å². The number of nitrogens with zero attached hydrogens (tertiary/aromatic N) is 4. The molecule has 1 fully saturated rings. The van der Waals surface area contributed by atoms with Crippen LogP contribution in [-0.2, 0) is 0 Å². The highest BCUT2D eigenvalue weighted by Crippen LogP contribution is 2.20. The minimum Gasteiger partial charge on any atom is -0.389 e. The first-order chi connectivity index (χ1) is 12.7. The fourth-order valence-electron chi connectivity index (χ4n) is 3.57. The maximum Gasteiger partial charge on any atom is 0.322 e. The minimum atomic E-state index is -0.729. The van der Waals surface area contributed by atoms with Gasteiger partial charge in [-0.15, -0.1) is 0 Å². The van der Waals surface area contributed by atoms with Gasteiger partial charge in [-0.25, -0.2) is 9.48 Å². The van der Waals surface area contributed by atoms with E-state index in [1.807, 2.05) is 67.6 Å². The number of anilines is 1. The van der Waals surface area contributed by atoms with Crippen molar-refractivity contribution >= 4 is 11.7 Å². The van der Waals surface area contributed by atoms with Crippen LogP contribution in [0.2, 0.25) is 0 Å². The van der Waals surface area contributed by atoms with Crippen LogP contribution in [0.1, 0.15) is 26.5 Å². The van der Waals surface area contributed by atoms with Crippen LogP contribution in [-0.4, -0.2) is 68.5 Å². The lowest BCUT2D eigenvalue weighted by Crippen LogP contribution is -2.57. The van der Waals surface area contributed by atoms with Gasteiger partial charge in [0, 0.05) is 32.2 Å². The van der Waals surface area contributed by atoms with Crippen molar-refractivity contribution in [1.82, 2.24) is 19.6 Å². The zero-order valence-electron chi connectivity index (χ0n) is 16.5. The predicted molar refractivity (Wildman–Crippen MR) is 106 cm³/mol. The molecular formula is C20H29N5O2. The second kappa shape index (κ2) is 7.70. The van der Waals surface area contributed by atoms with Crippen molar-refractivity contribution in [2.75, 3.05) is 31.5 Å². The molecule has 27 heavy (non-hydrogen) atoms. The van der Waals surface area contributed by atoms with Crippen LogP contribution in [0.3, 0.4) is 0 Å². The van der Waals surface area contributed by atoms with Crippen LogP contribution in [0.15, 0.2) is 36.5 Å². The summed E-state index contributed by atoms with van der Waals surface area (Å²) in [6.07, 6.45) is 1.69. The lowest BCUT2D eigenvalue weighted by molar-refractivity contribution is 0.0130. The number of β-amino-alcohol motifs (C(OH)–C–C–N with tert-alkyl or cyclic N) is 1. The van der Waals surface area contributed by atoms with Gasteiger partial charge in [-0.05, 0) is 39.8 Å². The monoisotopic (exact) mass is 371 g/mol. The molecule has 0 radical (unpaired) electrons. The largest absolute Gasteiger partial charge is 0.389 e. The number of para-hydroxylation sites is 1. The van der Waals surface area contributed by atoms with Crippen molar-refractivity contribution in [2.45, 2.75) is 39.3 Å². The van der Waals surface area contributed by atoms with Gasteiger partial charge in [-0.1, -0.05) is 18.2 Å². The smallest absolute Gasteiger partial charge is 0.322 e. The Morgan fingerprint density at radius 1 is 1.30 bits per heavy atom. The van der Waals surface area contributed by atoms with Gasteiger partial charge in [-0.3, -0.25) is 4.90 Å². The molecule has 2 heterocycles. The summed E-state index contributed by atoms with van der Waals surface area (Å²) in [5.41, 5.74) is 1.84. The molecule has 1 saturated heterocycles. The molecule has 1 aromatic carbocycles. The third kappa shape index (κ3) is 4.67. The second-order valence-electron chi connectivity index (χ2n) is 7.91. The molecule has 7 heteroatoms. The van der Waals surface area contributed by atoms with Crippen molar-refractivity contribution in [3.63, 3.8) is 0 Å². The van der Waals surface area contributed by atoms with Crippen LogP contribution in [0.4, 0.5) is 10.5 Å². The van der Waals surface area contributed by atoms with Crippen LogP contribution in [0, 0.1) is 6.92 Å². The van der Waals surface area contributed by atoms with Gasteiger partial charge in [0.25, 0.3) is 0 Å². The fourth-order valence-corrected chi connectivity index (χ4v) is 3.57. The maximum atomic E-state index is 12.8. The molecule has 1 aliphatic rings. The number of urea groups is 1. The number of carbonyl (C=O) groups excluding carboxylic acids is 1. The topological polar surface area (TPSA) is 73.6 Å². The number of nitrogens with one attached hydrogen (secondary N) is 1. The Hall–Kier alpha value is -2.38. The van der Waals surface area contributed by atoms with E-state index in [1.165, 1.54) is 0 Å². The molecule has 1 unspecified atom stereocenters. The first kappa shape index (κ1) is 19.4. The average molecular weight is 371 g/mol. The van der Waals surface area contributed by atoms with Gasteiger partial charge in [0.1, 0.15) is 0 Å². The summed E-state index contributed by atoms with van der Waals surface area (Å²) in [6, 6.07) is 9.81. The van der Waals surface area contributed by atoms with E-state index in [0.717, 1.165) is 30.2 Å². The summed E-state index contributed by atoms with van der Waals surface area (Å²) < 4.78 is 1.82. The molecule has 1 atom stereocenters. The molecule has 0 spiro atoms. The minimum absolute atomic E-state index is 0.0746. The zero-order valence-corrected chi connectivity index (χ0v) is 16.5. The summed E-state index contributed by atoms with van der Waals surface area (Å²) in [4.78, 5) is 16.8. The molecule has 0 bridgehead atoms. The Labute approximate surface area is 160 Å². The third-order valence-electron chi connectivity index (χ3n) is 4.84. The summed E-state index contributed by atoms with van der Waals surface area (Å²) in [5, 5.41) is 17.4. The molecule has 1 aliphatic heterocycles. The highest BCUT2D eigenvalue weighted by atomic mass is 16.3. The van der Waals surface area contributed by atoms with Gasteiger partial charge in [0.15, 0.2) is 0 Å². The van der Waals surface area contributed by atoms with E-state index in [1.54, 1.807) is 6.20 Å². The Morgan fingerprint density at radius 2 is 2.00 bits per heavy atom. The first-order valence-corrected chi connectivity index (χ1v) is 9.37. The number of aliphatic hydroxyl groups is 1. The summed E-state index contributed by atoms with van der Waals surface area (Å²) in [6.45, 7) is 10.3. The molecular weight excluding hydrogens is 342 g/mol. The molecule has 7 nitrogen and oxygen atoms in total. The van der Waals surface area contributed by atoms with Gasteiger partial charge in [-0.2, -0.15) is 5.10 Å². The van der Waals surface area contributed by atoms with E-state index in [4.69, 9.17) is 0 Å². The van der Waals surface area contributed by atoms with Gasteiger partial charge >= 0.3 is 6.03 Å². The summed E-state index contributed by atoms with van der Waals surface area (Å²) in [5.74, 6) is 0. The number of hydrogen-bond acceptors (Lipinski definition) is 4. The number of piperazine rings is 1. The maximum absolute atomic E-state index is 12.8. The molecule has 0 aliphatic carbocycles. The molecule has 146 valence electrons. The van der Waals surface area contributed by atoms with Gasteiger partial charge in [0.05, 0.1) is 28.9 Å². The van der Waals surface area contributed by atoms with Crippen molar-refractivity contribution in [1.29, 1.82) is 0 Å². The van der Waals surface area contributed by atoms with E-state index in [9.17, 15) is 9.90 Å². The second-order valence-corrected chi connectivity index (χ2v) is 7.91. The highest BCUT2D eigenvalue weighted by molar-refractivity contribution is 5.90. The molecule has 2 aromatic rings. The average Bonchev–Trinajstić information content (AvgIpc) is 2.95. The van der Waals surface area contributed by atoms with E-state index in [2.05, 4.69) is 15.3 Å². The van der Waals surface area contributed by atoms with Crippen molar-refractivity contribution in [3.05, 3.63) is 42.2 Å². The lowest BCUT2D eigenvalue weighted by atomic mass is 10.1. The Bertz CT molecular complexity index is 781. The Morgan fingerprint density at radius 3 is 2.63 bits per heavy atom. The number of benzene rings is 1. The van der Waals surface area contributed by atoms with E-state index in [-0.39, 0.29) is 12.1 Å². The van der Waals surface area contributed by atoms with Crippen LogP contribution in [0.5, 0.6) is 0 Å². The van der Waals surface area contributed by atoms with E-state index >= 15 is 0 Å². The summed E-state index contributed by atoms with van der Waals surface area (Å²) >= 11 is 0. The van der Waals surface area contributed by atoms with Crippen molar-refractivity contribution in [3.8, 4) is 5.69 Å². The highest BCUT2D eigenvalue weighted by Gasteiger charge is 2.30. The number of hydrogen-bond donors (Lipinski definition) is 2. The fraction of sp³-hybridized carbons (Fsp3) is 0.500. The standard InChI is InChI=1S/C20H29N5O2/c1-15-13-23(14-20(3,4)27)10-11-24(15)19(26)22-18-12-21-25(16(18)2)17-8-6-5-7-9-17/h5-9,12,15,27H,10-11,13-14H2,1-4H3,(H,22,26). The van der Waals surface area contributed by atoms with Crippen molar-refractivity contribution < 1.29 is 9.90 Å². The zero-order chi connectivity index (χ0) is 19.6. The molecule has 1 aromatic heterocycles. The van der Waals surface area contributed by atoms with E-state index in [0.29, 0.717) is 13.1 Å². The van der Waals surface area contributed by atoms with Crippen LogP contribution in [0.25, 0.3) is 5.69 Å². The molecule has 2 N–H and O–H groups in total. The van der Waals surface area contributed by atoms with Crippen LogP contribution < -0.4 is 5.32 Å². The number of rotatable bonds is 4.